The Labute approximate surface area is 98.3 Å². The van der Waals surface area contributed by atoms with Crippen LogP contribution in [0.5, 0.6) is 0 Å². The van der Waals surface area contributed by atoms with E-state index in [0.29, 0.717) is 12.6 Å². The topological polar surface area (TPSA) is 41.6 Å². The lowest BCUT2D eigenvalue weighted by Crippen LogP contribution is -2.44. The minimum atomic E-state index is 0.225. The summed E-state index contributed by atoms with van der Waals surface area (Å²) >= 11 is 0. The largest absolute Gasteiger partial charge is 0.378 e. The zero-order chi connectivity index (χ0) is 11.8. The molecule has 4 nitrogen and oxygen atoms in total. The van der Waals surface area contributed by atoms with E-state index in [1.54, 1.807) is 0 Å². The number of hydrogen-bond donors (Lipinski definition) is 1. The third-order valence-corrected chi connectivity index (χ3v) is 2.90. The van der Waals surface area contributed by atoms with E-state index < -0.39 is 0 Å². The van der Waals surface area contributed by atoms with E-state index in [4.69, 9.17) is 4.74 Å². The molecular weight excluding hydrogens is 204 g/mol. The smallest absolute Gasteiger partial charge is 0.236 e. The van der Waals surface area contributed by atoms with Crippen molar-refractivity contribution in [2.45, 2.75) is 39.2 Å². The van der Waals surface area contributed by atoms with Gasteiger partial charge in [0, 0.05) is 19.7 Å². The van der Waals surface area contributed by atoms with Crippen molar-refractivity contribution in [1.82, 2.24) is 10.2 Å². The number of piperidine rings is 1. The molecule has 0 spiro atoms. The van der Waals surface area contributed by atoms with Gasteiger partial charge >= 0.3 is 0 Å². The van der Waals surface area contributed by atoms with Crippen molar-refractivity contribution in [3.05, 3.63) is 0 Å². The van der Waals surface area contributed by atoms with Gasteiger partial charge in [-0.2, -0.15) is 0 Å². The highest BCUT2D eigenvalue weighted by Gasteiger charge is 2.22. The Morgan fingerprint density at radius 2 is 2.06 bits per heavy atom. The van der Waals surface area contributed by atoms with Crippen molar-refractivity contribution in [2.75, 3.05) is 32.8 Å². The molecule has 0 radical (unpaired) electrons. The normalized spacial score (nSPS) is 17.8. The van der Waals surface area contributed by atoms with E-state index in [0.717, 1.165) is 45.5 Å². The van der Waals surface area contributed by atoms with Gasteiger partial charge in [-0.05, 0) is 32.7 Å². The summed E-state index contributed by atoms with van der Waals surface area (Å²) in [6.07, 6.45) is 3.39. The van der Waals surface area contributed by atoms with Crippen LogP contribution in [0.4, 0.5) is 0 Å². The van der Waals surface area contributed by atoms with Gasteiger partial charge in [-0.3, -0.25) is 4.79 Å². The summed E-state index contributed by atoms with van der Waals surface area (Å²) in [4.78, 5) is 13.7. The maximum absolute atomic E-state index is 11.8. The van der Waals surface area contributed by atoms with Crippen molar-refractivity contribution in [1.29, 1.82) is 0 Å². The Balaban J connectivity index is 2.17. The summed E-state index contributed by atoms with van der Waals surface area (Å²) in [5.74, 6) is 0.225. The number of carbonyl (C=O) groups excluding carboxylic acids is 1. The Morgan fingerprint density at radius 1 is 1.38 bits per heavy atom. The summed E-state index contributed by atoms with van der Waals surface area (Å²) in [5.41, 5.74) is 0. The number of ether oxygens (including phenoxy) is 1. The maximum atomic E-state index is 11.8. The fourth-order valence-electron chi connectivity index (χ4n) is 1.99. The number of amides is 1. The lowest BCUT2D eigenvalue weighted by atomic mass is 10.1. The van der Waals surface area contributed by atoms with Gasteiger partial charge in [0.05, 0.1) is 12.6 Å². The van der Waals surface area contributed by atoms with Crippen LogP contribution in [0.25, 0.3) is 0 Å². The molecule has 1 fully saturated rings. The molecule has 1 heterocycles. The van der Waals surface area contributed by atoms with Crippen LogP contribution >= 0.6 is 0 Å². The Bertz CT molecular complexity index is 201. The second-order valence-corrected chi connectivity index (χ2v) is 4.21. The monoisotopic (exact) mass is 228 g/mol. The predicted octanol–water partition coefficient (Wildman–Crippen LogP) is 1.01. The molecule has 1 aliphatic rings. The van der Waals surface area contributed by atoms with Crippen molar-refractivity contribution in [3.8, 4) is 0 Å². The standard InChI is InChI=1S/C12H24N2O2/c1-3-7-13-10-12(15)14-8-5-11(6-9-14)16-4-2/h11,13H,3-10H2,1-2H3. The molecule has 4 heteroatoms. The number of rotatable bonds is 6. The molecule has 0 aromatic carbocycles. The van der Waals surface area contributed by atoms with Crippen LogP contribution < -0.4 is 5.32 Å². The molecular formula is C12H24N2O2. The summed E-state index contributed by atoms with van der Waals surface area (Å²) < 4.78 is 5.56. The minimum Gasteiger partial charge on any atom is -0.378 e. The summed E-state index contributed by atoms with van der Waals surface area (Å²) in [5, 5.41) is 3.15. The van der Waals surface area contributed by atoms with E-state index in [1.165, 1.54) is 0 Å². The fourth-order valence-corrected chi connectivity index (χ4v) is 1.99. The molecule has 0 bridgehead atoms. The van der Waals surface area contributed by atoms with E-state index in [1.807, 2.05) is 11.8 Å². The molecule has 0 aromatic rings. The Kier molecular flexibility index (Phi) is 6.42. The summed E-state index contributed by atoms with van der Waals surface area (Å²) in [7, 11) is 0. The first-order valence-corrected chi connectivity index (χ1v) is 6.38. The van der Waals surface area contributed by atoms with Crippen LogP contribution in [0.3, 0.4) is 0 Å². The molecule has 0 aliphatic carbocycles. The molecule has 0 aromatic heterocycles. The van der Waals surface area contributed by atoms with Crippen LogP contribution in [0, 0.1) is 0 Å². The van der Waals surface area contributed by atoms with E-state index >= 15 is 0 Å². The van der Waals surface area contributed by atoms with Gasteiger partial charge in [-0.25, -0.2) is 0 Å². The first-order valence-electron chi connectivity index (χ1n) is 6.38. The van der Waals surface area contributed by atoms with Crippen LogP contribution in [0.2, 0.25) is 0 Å². The quantitative estimate of drug-likeness (QED) is 0.690. The van der Waals surface area contributed by atoms with Crippen molar-refractivity contribution in [3.63, 3.8) is 0 Å². The number of nitrogens with zero attached hydrogens (tertiary/aromatic N) is 1. The summed E-state index contributed by atoms with van der Waals surface area (Å²) in [6, 6.07) is 0. The lowest BCUT2D eigenvalue weighted by Gasteiger charge is -2.31. The van der Waals surface area contributed by atoms with Gasteiger partial charge in [0.25, 0.3) is 0 Å². The van der Waals surface area contributed by atoms with Gasteiger partial charge < -0.3 is 15.0 Å². The van der Waals surface area contributed by atoms with Crippen molar-refractivity contribution < 1.29 is 9.53 Å². The highest BCUT2D eigenvalue weighted by Crippen LogP contribution is 2.13. The highest BCUT2D eigenvalue weighted by molar-refractivity contribution is 5.78. The van der Waals surface area contributed by atoms with E-state index in [2.05, 4.69) is 12.2 Å². The van der Waals surface area contributed by atoms with Crippen LogP contribution in [0.15, 0.2) is 0 Å². The Hall–Kier alpha value is -0.610. The molecule has 16 heavy (non-hydrogen) atoms. The molecule has 0 saturated carbocycles. The number of carbonyl (C=O) groups is 1. The zero-order valence-corrected chi connectivity index (χ0v) is 10.5. The van der Waals surface area contributed by atoms with Gasteiger partial charge in [-0.1, -0.05) is 6.92 Å². The third kappa shape index (κ3) is 4.49. The highest BCUT2D eigenvalue weighted by atomic mass is 16.5. The first-order chi connectivity index (χ1) is 7.77. The second-order valence-electron chi connectivity index (χ2n) is 4.21. The van der Waals surface area contributed by atoms with Crippen molar-refractivity contribution in [2.24, 2.45) is 0 Å². The fraction of sp³-hybridized carbons (Fsp3) is 0.917. The van der Waals surface area contributed by atoms with Crippen LogP contribution in [-0.2, 0) is 9.53 Å². The van der Waals surface area contributed by atoms with Gasteiger partial charge in [-0.15, -0.1) is 0 Å². The number of nitrogens with one attached hydrogen (secondary N) is 1. The average molecular weight is 228 g/mol. The zero-order valence-electron chi connectivity index (χ0n) is 10.5. The Morgan fingerprint density at radius 3 is 2.62 bits per heavy atom. The van der Waals surface area contributed by atoms with Crippen molar-refractivity contribution >= 4 is 5.91 Å². The molecule has 1 saturated heterocycles. The SMILES string of the molecule is CCCNCC(=O)N1CCC(OCC)CC1. The van der Waals surface area contributed by atoms with Crippen LogP contribution in [-0.4, -0.2) is 49.7 Å². The van der Waals surface area contributed by atoms with Gasteiger partial charge in [0.2, 0.25) is 5.91 Å². The summed E-state index contributed by atoms with van der Waals surface area (Å²) in [6.45, 7) is 7.98. The van der Waals surface area contributed by atoms with Gasteiger partial charge in [0.15, 0.2) is 0 Å². The van der Waals surface area contributed by atoms with E-state index in [9.17, 15) is 4.79 Å². The molecule has 0 atom stereocenters. The average Bonchev–Trinajstić information content (AvgIpc) is 2.30. The third-order valence-electron chi connectivity index (χ3n) is 2.90. The molecule has 1 rings (SSSR count). The molecule has 1 aliphatic heterocycles. The second kappa shape index (κ2) is 7.63. The molecule has 94 valence electrons. The number of likely N-dealkylation sites (tertiary alicyclic amines) is 1. The first kappa shape index (κ1) is 13.5. The van der Waals surface area contributed by atoms with Gasteiger partial charge in [0.1, 0.15) is 0 Å². The van der Waals surface area contributed by atoms with Crippen LogP contribution in [0.1, 0.15) is 33.1 Å². The molecule has 1 amide bonds. The number of hydrogen-bond acceptors (Lipinski definition) is 3. The minimum absolute atomic E-state index is 0.225. The predicted molar refractivity (Wildman–Crippen MR) is 64.4 cm³/mol. The van der Waals surface area contributed by atoms with E-state index in [-0.39, 0.29) is 5.91 Å². The maximum Gasteiger partial charge on any atom is 0.236 e. The molecule has 0 unspecified atom stereocenters. The molecule has 1 N–H and O–H groups in total. The lowest BCUT2D eigenvalue weighted by molar-refractivity contribution is -0.132.